The molecule has 0 aromatic carbocycles. The molecule has 0 aromatic heterocycles. The van der Waals surface area contributed by atoms with Crippen LogP contribution in [0.1, 0.15) is 33.1 Å². The minimum atomic E-state index is -0.971. The summed E-state index contributed by atoms with van der Waals surface area (Å²) in [6.07, 6.45) is 3.01. The fourth-order valence-electron chi connectivity index (χ4n) is 3.43. The molecule has 1 aliphatic heterocycles. The van der Waals surface area contributed by atoms with E-state index in [1.54, 1.807) is 19.1 Å². The molecule has 154 valence electrons. The van der Waals surface area contributed by atoms with Gasteiger partial charge in [-0.15, -0.1) is 0 Å². The standard InChI is InChI=1S/C21H28O7/c1-5-12(2)20(24)28-19-17-13(3)21(25)27-16(17)9-14(10-22)7-6-8-15(11-23)18(19)26-4/h8-9,11-12,16-19,22H,3,5-7,10H2,1-2,4H3/b14-9-,15-8+/t12-,16-,17+,18+,19+/m1/s1. The Morgan fingerprint density at radius 2 is 2.21 bits per heavy atom. The summed E-state index contributed by atoms with van der Waals surface area (Å²) in [5, 5.41) is 9.63. The lowest BCUT2D eigenvalue weighted by Crippen LogP contribution is -2.44. The van der Waals surface area contributed by atoms with Crippen LogP contribution >= 0.6 is 0 Å². The molecule has 0 amide bonds. The Bertz CT molecular complexity index is 691. The number of esters is 2. The van der Waals surface area contributed by atoms with Gasteiger partial charge in [0.25, 0.3) is 0 Å². The quantitative estimate of drug-likeness (QED) is 0.319. The minimum Gasteiger partial charge on any atom is -0.458 e. The summed E-state index contributed by atoms with van der Waals surface area (Å²) in [4.78, 5) is 36.5. The van der Waals surface area contributed by atoms with Gasteiger partial charge in [0.2, 0.25) is 0 Å². The highest BCUT2D eigenvalue weighted by atomic mass is 16.6. The third kappa shape index (κ3) is 4.59. The molecule has 1 N–H and O–H groups in total. The Morgan fingerprint density at radius 3 is 2.79 bits per heavy atom. The first kappa shape index (κ1) is 22.0. The fourth-order valence-corrected chi connectivity index (χ4v) is 3.43. The van der Waals surface area contributed by atoms with E-state index in [-0.39, 0.29) is 18.1 Å². The van der Waals surface area contributed by atoms with Crippen molar-refractivity contribution in [2.24, 2.45) is 11.8 Å². The molecule has 2 aliphatic rings. The molecule has 7 nitrogen and oxygen atoms in total. The lowest BCUT2D eigenvalue weighted by molar-refractivity contribution is -0.164. The van der Waals surface area contributed by atoms with Gasteiger partial charge in [-0.2, -0.15) is 0 Å². The summed E-state index contributed by atoms with van der Waals surface area (Å²) in [6.45, 7) is 7.22. The molecule has 1 saturated heterocycles. The van der Waals surface area contributed by atoms with Gasteiger partial charge in [0, 0.05) is 18.3 Å². The van der Waals surface area contributed by atoms with Gasteiger partial charge in [-0.3, -0.25) is 9.59 Å². The van der Waals surface area contributed by atoms with E-state index in [2.05, 4.69) is 6.58 Å². The second-order valence-corrected chi connectivity index (χ2v) is 7.13. The van der Waals surface area contributed by atoms with Gasteiger partial charge in [-0.05, 0) is 30.9 Å². The van der Waals surface area contributed by atoms with Crippen LogP contribution in [0.5, 0.6) is 0 Å². The van der Waals surface area contributed by atoms with Gasteiger partial charge in [0.05, 0.1) is 18.4 Å². The van der Waals surface area contributed by atoms with Gasteiger partial charge in [-0.1, -0.05) is 26.5 Å². The van der Waals surface area contributed by atoms with Gasteiger partial charge in [-0.25, -0.2) is 4.79 Å². The number of aliphatic hydroxyl groups excluding tert-OH is 1. The first-order valence-electron chi connectivity index (χ1n) is 9.46. The molecule has 0 radical (unpaired) electrons. The van der Waals surface area contributed by atoms with Crippen molar-refractivity contribution in [2.75, 3.05) is 13.7 Å². The van der Waals surface area contributed by atoms with Crippen LogP contribution < -0.4 is 0 Å². The number of fused-ring (bicyclic) bond motifs is 1. The normalized spacial score (nSPS) is 32.9. The second kappa shape index (κ2) is 9.80. The highest BCUT2D eigenvalue weighted by molar-refractivity contribution is 5.91. The smallest absolute Gasteiger partial charge is 0.334 e. The Balaban J connectivity index is 2.56. The number of ether oxygens (including phenoxy) is 3. The molecular weight excluding hydrogens is 364 g/mol. The first-order chi connectivity index (χ1) is 13.4. The number of hydrogen-bond donors (Lipinski definition) is 1. The maximum absolute atomic E-state index is 12.6. The average Bonchev–Trinajstić information content (AvgIpc) is 2.97. The number of carbonyl (C=O) groups is 3. The number of aldehydes is 1. The van der Waals surface area contributed by atoms with E-state index in [0.29, 0.717) is 36.7 Å². The van der Waals surface area contributed by atoms with E-state index in [1.165, 1.54) is 7.11 Å². The van der Waals surface area contributed by atoms with E-state index in [4.69, 9.17) is 14.2 Å². The Hall–Kier alpha value is -2.25. The highest BCUT2D eigenvalue weighted by Crippen LogP contribution is 2.37. The summed E-state index contributed by atoms with van der Waals surface area (Å²) >= 11 is 0. The lowest BCUT2D eigenvalue weighted by atomic mass is 9.83. The molecule has 2 rings (SSSR count). The summed E-state index contributed by atoms with van der Waals surface area (Å²) in [5.74, 6) is -2.13. The molecule has 0 aromatic rings. The number of rotatable bonds is 6. The van der Waals surface area contributed by atoms with Gasteiger partial charge < -0.3 is 19.3 Å². The van der Waals surface area contributed by atoms with Crippen molar-refractivity contribution in [2.45, 2.75) is 51.4 Å². The van der Waals surface area contributed by atoms with Crippen molar-refractivity contribution < 1.29 is 33.7 Å². The zero-order chi connectivity index (χ0) is 20.8. The SMILES string of the molecule is C=C1C(=O)O[C@@H]2/C=C(\CO)CC/C=C(\C=O)[C@H](OC)[C@@H](OC(=O)[C@H](C)CC)[C@@H]12. The summed E-state index contributed by atoms with van der Waals surface area (Å²) < 4.78 is 16.7. The number of hydrogen-bond acceptors (Lipinski definition) is 7. The second-order valence-electron chi connectivity index (χ2n) is 7.13. The zero-order valence-electron chi connectivity index (χ0n) is 16.6. The highest BCUT2D eigenvalue weighted by Gasteiger charge is 2.48. The van der Waals surface area contributed by atoms with Crippen LogP contribution in [0.2, 0.25) is 0 Å². The molecule has 7 heteroatoms. The van der Waals surface area contributed by atoms with Crippen molar-refractivity contribution in [1.82, 2.24) is 0 Å². The van der Waals surface area contributed by atoms with E-state index in [9.17, 15) is 19.5 Å². The minimum absolute atomic E-state index is 0.147. The number of allylic oxidation sites excluding steroid dienone is 1. The zero-order valence-corrected chi connectivity index (χ0v) is 16.6. The molecular formula is C21H28O7. The molecule has 0 saturated carbocycles. The molecule has 0 unspecified atom stereocenters. The van der Waals surface area contributed by atoms with Crippen LogP contribution in [-0.4, -0.2) is 55.4 Å². The van der Waals surface area contributed by atoms with Crippen LogP contribution in [0.15, 0.2) is 35.5 Å². The molecule has 1 fully saturated rings. The first-order valence-corrected chi connectivity index (χ1v) is 9.46. The van der Waals surface area contributed by atoms with Crippen LogP contribution in [0, 0.1) is 11.8 Å². The van der Waals surface area contributed by atoms with Crippen molar-refractivity contribution in [3.63, 3.8) is 0 Å². The molecule has 1 aliphatic carbocycles. The maximum Gasteiger partial charge on any atom is 0.334 e. The predicted molar refractivity (Wildman–Crippen MR) is 101 cm³/mol. The van der Waals surface area contributed by atoms with E-state index in [1.807, 2.05) is 6.92 Å². The Morgan fingerprint density at radius 1 is 1.50 bits per heavy atom. The third-order valence-electron chi connectivity index (χ3n) is 5.35. The van der Waals surface area contributed by atoms with Crippen molar-refractivity contribution in [3.05, 3.63) is 35.5 Å². The van der Waals surface area contributed by atoms with E-state index in [0.717, 1.165) is 0 Å². The van der Waals surface area contributed by atoms with Gasteiger partial charge >= 0.3 is 11.9 Å². The topological polar surface area (TPSA) is 99.1 Å². The molecule has 28 heavy (non-hydrogen) atoms. The Kier molecular flexibility index (Phi) is 7.71. The summed E-state index contributed by atoms with van der Waals surface area (Å²) in [5.41, 5.74) is 1.13. The maximum atomic E-state index is 12.6. The molecule has 0 spiro atoms. The number of carbonyl (C=O) groups excluding carboxylic acids is 3. The Labute approximate surface area is 165 Å². The van der Waals surface area contributed by atoms with Crippen LogP contribution in [0.4, 0.5) is 0 Å². The summed E-state index contributed by atoms with van der Waals surface area (Å²) in [6, 6.07) is 0. The largest absolute Gasteiger partial charge is 0.458 e. The third-order valence-corrected chi connectivity index (χ3v) is 5.35. The lowest BCUT2D eigenvalue weighted by Gasteiger charge is -2.33. The van der Waals surface area contributed by atoms with Gasteiger partial charge in [0.15, 0.2) is 0 Å². The van der Waals surface area contributed by atoms with E-state index < -0.39 is 36.2 Å². The average molecular weight is 392 g/mol. The van der Waals surface area contributed by atoms with Crippen LogP contribution in [-0.2, 0) is 28.6 Å². The fraction of sp³-hybridized carbons (Fsp3) is 0.571. The van der Waals surface area contributed by atoms with Crippen LogP contribution in [0.25, 0.3) is 0 Å². The van der Waals surface area contributed by atoms with Crippen LogP contribution in [0.3, 0.4) is 0 Å². The van der Waals surface area contributed by atoms with Crippen molar-refractivity contribution >= 4 is 18.2 Å². The number of aliphatic hydroxyl groups is 1. The summed E-state index contributed by atoms with van der Waals surface area (Å²) in [7, 11) is 1.42. The van der Waals surface area contributed by atoms with Crippen molar-refractivity contribution in [3.8, 4) is 0 Å². The predicted octanol–water partition coefficient (Wildman–Crippen LogP) is 1.89. The van der Waals surface area contributed by atoms with Crippen molar-refractivity contribution in [1.29, 1.82) is 0 Å². The monoisotopic (exact) mass is 392 g/mol. The van der Waals surface area contributed by atoms with E-state index >= 15 is 0 Å². The molecule has 1 heterocycles. The molecule has 5 atom stereocenters. The number of methoxy groups -OCH3 is 1. The van der Waals surface area contributed by atoms with Gasteiger partial charge in [0.1, 0.15) is 24.6 Å². The molecule has 0 bridgehead atoms.